The van der Waals surface area contributed by atoms with Crippen LogP contribution < -0.4 is 0 Å². The maximum atomic E-state index is 11.7. The van der Waals surface area contributed by atoms with Crippen molar-refractivity contribution in [2.45, 2.75) is 58.7 Å². The molecule has 4 nitrogen and oxygen atoms in total. The van der Waals surface area contributed by atoms with Crippen molar-refractivity contribution in [2.75, 3.05) is 6.61 Å². The van der Waals surface area contributed by atoms with E-state index in [0.717, 1.165) is 12.8 Å². The molecule has 1 aliphatic rings. The fourth-order valence-corrected chi connectivity index (χ4v) is 1.98. The minimum atomic E-state index is -0.358. The first-order valence-electron chi connectivity index (χ1n) is 6.72. The molecule has 0 heterocycles. The molecule has 18 heavy (non-hydrogen) atoms. The topological polar surface area (TPSA) is 59.4 Å². The Labute approximate surface area is 109 Å². The smallest absolute Gasteiger partial charge is 0.333 e. The molecule has 0 radical (unpaired) electrons. The van der Waals surface area contributed by atoms with Crippen LogP contribution >= 0.6 is 0 Å². The van der Waals surface area contributed by atoms with Gasteiger partial charge in [-0.3, -0.25) is 0 Å². The first kappa shape index (κ1) is 14.9. The predicted molar refractivity (Wildman–Crippen MR) is 70.9 cm³/mol. The number of esters is 1. The van der Waals surface area contributed by atoms with Gasteiger partial charge in [0.2, 0.25) is 0 Å². The van der Waals surface area contributed by atoms with Gasteiger partial charge in [-0.15, -0.1) is 0 Å². The first-order valence-corrected chi connectivity index (χ1v) is 6.72. The Balaban J connectivity index is 2.72. The highest BCUT2D eigenvalue weighted by atomic mass is 16.5. The number of nitrogens with one attached hydrogen (secondary N) is 1. The van der Waals surface area contributed by atoms with Crippen molar-refractivity contribution >= 4 is 11.7 Å². The van der Waals surface area contributed by atoms with Crippen molar-refractivity contribution < 1.29 is 14.3 Å². The van der Waals surface area contributed by atoms with Crippen LogP contribution in [-0.4, -0.2) is 30.5 Å². The molecule has 0 aromatic heterocycles. The Kier molecular flexibility index (Phi) is 6.05. The van der Waals surface area contributed by atoms with Crippen molar-refractivity contribution in [3.63, 3.8) is 0 Å². The summed E-state index contributed by atoms with van der Waals surface area (Å²) in [6, 6.07) is 0. The predicted octanol–water partition coefficient (Wildman–Crippen LogP) is 2.86. The van der Waals surface area contributed by atoms with Gasteiger partial charge in [0.15, 0.2) is 0 Å². The fraction of sp³-hybridized carbons (Fsp3) is 0.714. The molecule has 1 unspecified atom stereocenters. The van der Waals surface area contributed by atoms with Crippen LogP contribution in [0.5, 0.6) is 0 Å². The number of carbonyl (C=O) groups excluding carboxylic acids is 1. The van der Waals surface area contributed by atoms with Crippen molar-refractivity contribution in [3.05, 3.63) is 11.6 Å². The highest BCUT2D eigenvalue weighted by molar-refractivity contribution is 5.96. The van der Waals surface area contributed by atoms with Gasteiger partial charge in [0.05, 0.1) is 12.7 Å². The number of ether oxygens (including phenoxy) is 2. The maximum absolute atomic E-state index is 11.7. The summed E-state index contributed by atoms with van der Waals surface area (Å²) in [7, 11) is 0. The van der Waals surface area contributed by atoms with Gasteiger partial charge in [0.1, 0.15) is 6.10 Å². The van der Waals surface area contributed by atoms with Crippen molar-refractivity contribution in [2.24, 2.45) is 0 Å². The van der Waals surface area contributed by atoms with Crippen molar-refractivity contribution in [1.82, 2.24) is 0 Å². The van der Waals surface area contributed by atoms with Crippen LogP contribution in [-0.2, 0) is 14.3 Å². The Bertz CT molecular complexity index is 332. The lowest BCUT2D eigenvalue weighted by Gasteiger charge is -2.25. The van der Waals surface area contributed by atoms with Crippen molar-refractivity contribution in [1.29, 1.82) is 5.41 Å². The molecule has 0 saturated heterocycles. The highest BCUT2D eigenvalue weighted by Crippen LogP contribution is 2.21. The number of carbonyl (C=O) groups is 1. The third-order valence-electron chi connectivity index (χ3n) is 3.15. The minimum absolute atomic E-state index is 0.146. The summed E-state index contributed by atoms with van der Waals surface area (Å²) in [4.78, 5) is 11.7. The van der Waals surface area contributed by atoms with Gasteiger partial charge in [0.25, 0.3) is 0 Å². The summed E-state index contributed by atoms with van der Waals surface area (Å²) >= 11 is 0. The van der Waals surface area contributed by atoms with Crippen LogP contribution in [0.25, 0.3) is 0 Å². The van der Waals surface area contributed by atoms with Crippen LogP contribution in [0.4, 0.5) is 0 Å². The van der Waals surface area contributed by atoms with Crippen LogP contribution in [0.1, 0.15) is 46.5 Å². The lowest BCUT2D eigenvalue weighted by Crippen LogP contribution is -2.31. The lowest BCUT2D eigenvalue weighted by atomic mass is 9.95. The van der Waals surface area contributed by atoms with Gasteiger partial charge >= 0.3 is 5.97 Å². The third-order valence-corrected chi connectivity index (χ3v) is 3.15. The second-order valence-corrected chi connectivity index (χ2v) is 4.43. The van der Waals surface area contributed by atoms with E-state index in [4.69, 9.17) is 14.9 Å². The molecule has 4 heteroatoms. The third kappa shape index (κ3) is 3.95. The van der Waals surface area contributed by atoms with Gasteiger partial charge in [-0.2, -0.15) is 0 Å². The Hall–Kier alpha value is -1.16. The zero-order chi connectivity index (χ0) is 13.5. The van der Waals surface area contributed by atoms with E-state index in [1.807, 2.05) is 0 Å². The molecule has 1 rings (SSSR count). The molecular weight excluding hydrogens is 230 g/mol. The molecule has 0 saturated carbocycles. The van der Waals surface area contributed by atoms with Gasteiger partial charge in [-0.1, -0.05) is 13.8 Å². The number of rotatable bonds is 6. The molecule has 102 valence electrons. The van der Waals surface area contributed by atoms with E-state index in [0.29, 0.717) is 30.7 Å². The summed E-state index contributed by atoms with van der Waals surface area (Å²) in [5.74, 6) is -0.275. The van der Waals surface area contributed by atoms with Gasteiger partial charge < -0.3 is 14.9 Å². The monoisotopic (exact) mass is 253 g/mol. The largest absolute Gasteiger partial charge is 0.463 e. The normalized spacial score (nSPS) is 19.9. The molecule has 0 spiro atoms. The molecule has 0 aromatic rings. The second kappa shape index (κ2) is 7.31. The van der Waals surface area contributed by atoms with Crippen LogP contribution in [0.15, 0.2) is 11.6 Å². The summed E-state index contributed by atoms with van der Waals surface area (Å²) in [5.41, 5.74) is 1.19. The number of hydrogen-bond donors (Lipinski definition) is 1. The summed E-state index contributed by atoms with van der Waals surface area (Å²) in [6.45, 7) is 6.31. The first-order chi connectivity index (χ1) is 8.62. The molecule has 0 amide bonds. The van der Waals surface area contributed by atoms with Gasteiger partial charge in [-0.05, 0) is 38.7 Å². The van der Waals surface area contributed by atoms with Crippen LogP contribution in [0.3, 0.4) is 0 Å². The quantitative estimate of drug-likeness (QED) is 0.740. The van der Waals surface area contributed by atoms with E-state index in [1.165, 1.54) is 0 Å². The Morgan fingerprint density at radius 1 is 1.39 bits per heavy atom. The zero-order valence-corrected chi connectivity index (χ0v) is 11.5. The molecule has 1 N–H and O–H groups in total. The molecule has 0 aliphatic heterocycles. The lowest BCUT2D eigenvalue weighted by molar-refractivity contribution is -0.138. The molecule has 1 atom stereocenters. The van der Waals surface area contributed by atoms with E-state index in [2.05, 4.69) is 13.8 Å². The molecule has 0 aromatic carbocycles. The van der Waals surface area contributed by atoms with E-state index in [-0.39, 0.29) is 18.2 Å². The maximum Gasteiger partial charge on any atom is 0.333 e. The average molecular weight is 253 g/mol. The van der Waals surface area contributed by atoms with Gasteiger partial charge in [-0.25, -0.2) is 4.79 Å². The summed E-state index contributed by atoms with van der Waals surface area (Å²) < 4.78 is 10.8. The Morgan fingerprint density at radius 2 is 2.06 bits per heavy atom. The van der Waals surface area contributed by atoms with E-state index in [9.17, 15) is 4.79 Å². The van der Waals surface area contributed by atoms with E-state index in [1.54, 1.807) is 13.0 Å². The SMILES string of the molecule is CCOC(=O)C1=CC(OC(CC)CC)C(=N)CC1. The Morgan fingerprint density at radius 3 is 2.61 bits per heavy atom. The summed E-state index contributed by atoms with van der Waals surface area (Å²) in [6.07, 6.45) is 4.54. The highest BCUT2D eigenvalue weighted by Gasteiger charge is 2.25. The van der Waals surface area contributed by atoms with E-state index >= 15 is 0 Å². The molecule has 0 fully saturated rings. The van der Waals surface area contributed by atoms with Crippen LogP contribution in [0, 0.1) is 5.41 Å². The molecule has 1 aliphatic carbocycles. The second-order valence-electron chi connectivity index (χ2n) is 4.43. The fourth-order valence-electron chi connectivity index (χ4n) is 1.98. The van der Waals surface area contributed by atoms with Crippen molar-refractivity contribution in [3.8, 4) is 0 Å². The van der Waals surface area contributed by atoms with Gasteiger partial charge in [0, 0.05) is 11.3 Å². The standard InChI is InChI=1S/C14H23NO3/c1-4-11(5-2)18-13-9-10(7-8-12(13)15)14(16)17-6-3/h9,11,13,15H,4-8H2,1-3H3. The zero-order valence-electron chi connectivity index (χ0n) is 11.5. The number of hydrogen-bond acceptors (Lipinski definition) is 4. The summed E-state index contributed by atoms with van der Waals surface area (Å²) in [5, 5.41) is 7.90. The minimum Gasteiger partial charge on any atom is -0.463 e. The van der Waals surface area contributed by atoms with Crippen LogP contribution in [0.2, 0.25) is 0 Å². The van der Waals surface area contributed by atoms with E-state index < -0.39 is 0 Å². The molecular formula is C14H23NO3. The average Bonchev–Trinajstić information content (AvgIpc) is 2.38. The molecule has 0 bridgehead atoms.